The predicted octanol–water partition coefficient (Wildman–Crippen LogP) is -1.53. The van der Waals surface area contributed by atoms with Crippen LogP contribution in [0.2, 0.25) is 0 Å². The van der Waals surface area contributed by atoms with Gasteiger partial charge in [0.05, 0.1) is 17.7 Å². The van der Waals surface area contributed by atoms with Crippen molar-refractivity contribution in [2.45, 2.75) is 31.0 Å². The number of carbonyl (C=O) groups is 2. The van der Waals surface area contributed by atoms with E-state index in [0.29, 0.717) is 23.0 Å². The van der Waals surface area contributed by atoms with Gasteiger partial charge in [-0.1, -0.05) is 0 Å². The van der Waals surface area contributed by atoms with Crippen molar-refractivity contribution < 1.29 is 29.6 Å². The van der Waals surface area contributed by atoms with E-state index in [9.17, 15) is 24.9 Å². The number of aromatic nitrogens is 3. The Balaban J connectivity index is 1.94. The number of aliphatic hydroxyl groups is 3. The van der Waals surface area contributed by atoms with Crippen molar-refractivity contribution in [2.24, 2.45) is 0 Å². The smallest absolute Gasteiger partial charge is 0.251 e. The molecule has 4 heterocycles. The summed E-state index contributed by atoms with van der Waals surface area (Å²) < 4.78 is 7.13. The van der Waals surface area contributed by atoms with Gasteiger partial charge in [-0.15, -0.1) is 0 Å². The Morgan fingerprint density at radius 2 is 2.26 bits per heavy atom. The summed E-state index contributed by atoms with van der Waals surface area (Å²) in [5, 5.41) is 35.9. The van der Waals surface area contributed by atoms with Gasteiger partial charge >= 0.3 is 0 Å². The summed E-state index contributed by atoms with van der Waals surface area (Å²) in [4.78, 5) is 31.3. The average Bonchev–Trinajstić information content (AvgIpc) is 3.06. The number of anilines is 1. The van der Waals surface area contributed by atoms with E-state index in [1.165, 1.54) is 30.1 Å². The molecule has 0 aromatic carbocycles. The van der Waals surface area contributed by atoms with Crippen molar-refractivity contribution in [1.82, 2.24) is 19.9 Å². The summed E-state index contributed by atoms with van der Waals surface area (Å²) in [6, 6.07) is 0. The quantitative estimate of drug-likeness (QED) is 0.403. The van der Waals surface area contributed by atoms with Crippen molar-refractivity contribution in [3.8, 4) is 0 Å². The summed E-state index contributed by atoms with van der Waals surface area (Å²) >= 11 is 0. The van der Waals surface area contributed by atoms with Gasteiger partial charge in [0.2, 0.25) is 6.41 Å². The molecule has 0 spiro atoms. The second-order valence-electron chi connectivity index (χ2n) is 6.56. The van der Waals surface area contributed by atoms with Gasteiger partial charge in [-0.05, 0) is 6.92 Å². The minimum absolute atomic E-state index is 0.219. The Hall–Kier alpha value is -2.86. The van der Waals surface area contributed by atoms with Crippen LogP contribution in [0.5, 0.6) is 0 Å². The van der Waals surface area contributed by atoms with Crippen LogP contribution in [0, 0.1) is 0 Å². The van der Waals surface area contributed by atoms with E-state index >= 15 is 0 Å². The largest absolute Gasteiger partial charge is 0.394 e. The van der Waals surface area contributed by atoms with Crippen LogP contribution < -0.4 is 10.6 Å². The zero-order valence-corrected chi connectivity index (χ0v) is 14.2. The fourth-order valence-electron chi connectivity index (χ4n) is 3.50. The van der Waals surface area contributed by atoms with Crippen LogP contribution in [0.1, 0.15) is 18.7 Å². The minimum Gasteiger partial charge on any atom is -0.394 e. The number of rotatable bonds is 4. The van der Waals surface area contributed by atoms with Crippen LogP contribution in [0.15, 0.2) is 18.6 Å². The van der Waals surface area contributed by atoms with E-state index < -0.39 is 36.6 Å². The van der Waals surface area contributed by atoms with Gasteiger partial charge in [0.1, 0.15) is 35.6 Å². The number of amides is 2. The Morgan fingerprint density at radius 1 is 1.48 bits per heavy atom. The fourth-order valence-corrected chi connectivity index (χ4v) is 3.50. The standard InChI is InChI=1S/C16H17N5O6/c1-16(26)12(25)9(4-22)27-15(16)21-3-7-8(19-6-23)2-10(24)20-13-11(7)14(21)18-5-17-13/h2-3,5-6,9,12,15,22,25-26H,4H2,1H3,(H,19,23)(H,17,18,20,24)/t9-,12-,15-,16?/m1/s1. The molecule has 0 radical (unpaired) electrons. The number of nitrogens with one attached hydrogen (secondary N) is 2. The molecule has 5 N–H and O–H groups in total. The Kier molecular flexibility index (Phi) is 3.96. The van der Waals surface area contributed by atoms with E-state index in [1.54, 1.807) is 0 Å². The van der Waals surface area contributed by atoms with Gasteiger partial charge in [0.25, 0.3) is 5.91 Å². The molecular formula is C16H17N5O6. The molecule has 2 amide bonds. The molecule has 0 aliphatic carbocycles. The van der Waals surface area contributed by atoms with Gasteiger partial charge in [-0.3, -0.25) is 9.59 Å². The maximum Gasteiger partial charge on any atom is 0.251 e. The molecule has 2 aliphatic rings. The highest BCUT2D eigenvalue weighted by Crippen LogP contribution is 2.42. The van der Waals surface area contributed by atoms with Gasteiger partial charge in [0.15, 0.2) is 6.23 Å². The first-order valence-corrected chi connectivity index (χ1v) is 8.14. The number of hydrogen-bond acceptors (Lipinski definition) is 8. The number of hydrogen-bond donors (Lipinski definition) is 5. The SMILES string of the molecule is CC1(O)[C@H](O)[C@@H](CO)O[C@H]1n1cc2c3c(ncnc31)NC(=O)C=C2NC=O. The highest BCUT2D eigenvalue weighted by Gasteiger charge is 2.53. The molecule has 1 fully saturated rings. The maximum absolute atomic E-state index is 12.0. The lowest BCUT2D eigenvalue weighted by molar-refractivity contribution is -0.111. The van der Waals surface area contributed by atoms with E-state index in [0.717, 1.165) is 0 Å². The van der Waals surface area contributed by atoms with Crippen LogP contribution in [0.25, 0.3) is 16.7 Å². The lowest BCUT2D eigenvalue weighted by Gasteiger charge is -2.27. The molecule has 11 heteroatoms. The molecule has 2 aromatic rings. The molecule has 1 unspecified atom stereocenters. The molecule has 4 rings (SSSR count). The van der Waals surface area contributed by atoms with Crippen molar-refractivity contribution in [2.75, 3.05) is 11.9 Å². The Morgan fingerprint density at radius 3 is 2.93 bits per heavy atom. The highest BCUT2D eigenvalue weighted by molar-refractivity contribution is 6.14. The molecule has 0 saturated carbocycles. The second-order valence-corrected chi connectivity index (χ2v) is 6.56. The molecule has 11 nitrogen and oxygen atoms in total. The third kappa shape index (κ3) is 2.51. The van der Waals surface area contributed by atoms with Gasteiger partial charge in [-0.25, -0.2) is 9.97 Å². The average molecular weight is 375 g/mol. The normalized spacial score (nSPS) is 30.0. The third-order valence-corrected chi connectivity index (χ3v) is 4.82. The van der Waals surface area contributed by atoms with E-state index in [1.807, 2.05) is 0 Å². The first-order valence-electron chi connectivity index (χ1n) is 8.14. The monoisotopic (exact) mass is 375 g/mol. The van der Waals surface area contributed by atoms with Crippen LogP contribution in [0.4, 0.5) is 5.82 Å². The van der Waals surface area contributed by atoms with Crippen LogP contribution >= 0.6 is 0 Å². The summed E-state index contributed by atoms with van der Waals surface area (Å²) in [6.07, 6.45) is 1.03. The van der Waals surface area contributed by atoms with Crippen molar-refractivity contribution >= 4 is 34.9 Å². The van der Waals surface area contributed by atoms with Crippen LogP contribution in [-0.4, -0.2) is 66.6 Å². The summed E-state index contributed by atoms with van der Waals surface area (Å²) in [5.74, 6) is -0.239. The van der Waals surface area contributed by atoms with E-state index in [-0.39, 0.29) is 11.5 Å². The molecule has 4 atom stereocenters. The van der Waals surface area contributed by atoms with Gasteiger partial charge < -0.3 is 35.3 Å². The molecule has 0 bridgehead atoms. The van der Waals surface area contributed by atoms with Crippen molar-refractivity contribution in [3.05, 3.63) is 24.2 Å². The first-order chi connectivity index (χ1) is 12.9. The van der Waals surface area contributed by atoms with E-state index in [2.05, 4.69) is 20.6 Å². The van der Waals surface area contributed by atoms with E-state index in [4.69, 9.17) is 4.74 Å². The molecule has 2 aliphatic heterocycles. The Bertz CT molecular complexity index is 968. The molecule has 2 aromatic heterocycles. The third-order valence-electron chi connectivity index (χ3n) is 4.82. The lowest BCUT2D eigenvalue weighted by Crippen LogP contribution is -2.44. The molecule has 142 valence electrons. The highest BCUT2D eigenvalue weighted by atomic mass is 16.6. The zero-order chi connectivity index (χ0) is 19.3. The maximum atomic E-state index is 12.0. The lowest BCUT2D eigenvalue weighted by atomic mass is 9.96. The second kappa shape index (κ2) is 6.09. The zero-order valence-electron chi connectivity index (χ0n) is 14.2. The van der Waals surface area contributed by atoms with Crippen molar-refractivity contribution in [1.29, 1.82) is 0 Å². The molecule has 27 heavy (non-hydrogen) atoms. The fraction of sp³-hybridized carbons (Fsp3) is 0.375. The van der Waals surface area contributed by atoms with Gasteiger partial charge in [-0.2, -0.15) is 0 Å². The number of ether oxygens (including phenoxy) is 1. The molecule has 1 saturated heterocycles. The van der Waals surface area contributed by atoms with Gasteiger partial charge in [0, 0.05) is 17.8 Å². The number of nitrogens with zero attached hydrogens (tertiary/aromatic N) is 3. The van der Waals surface area contributed by atoms with Crippen molar-refractivity contribution in [3.63, 3.8) is 0 Å². The first kappa shape index (κ1) is 17.5. The predicted molar refractivity (Wildman–Crippen MR) is 91.0 cm³/mol. The Labute approximate surface area is 152 Å². The summed E-state index contributed by atoms with van der Waals surface area (Å²) in [6.45, 7) is 0.910. The summed E-state index contributed by atoms with van der Waals surface area (Å²) in [7, 11) is 0. The minimum atomic E-state index is -1.73. The number of aliphatic hydroxyl groups excluding tert-OH is 2. The number of carbonyl (C=O) groups excluding carboxylic acids is 2. The van der Waals surface area contributed by atoms with Crippen LogP contribution in [-0.2, 0) is 14.3 Å². The molecular weight excluding hydrogens is 358 g/mol. The van der Waals surface area contributed by atoms with Crippen LogP contribution in [0.3, 0.4) is 0 Å². The topological polar surface area (TPSA) is 159 Å². The summed E-state index contributed by atoms with van der Waals surface area (Å²) in [5.41, 5.74) is -0.757.